The van der Waals surface area contributed by atoms with Crippen molar-refractivity contribution in [3.63, 3.8) is 0 Å². The Hall–Kier alpha value is -3.98. The number of fused-ring (bicyclic) bond motifs is 3. The van der Waals surface area contributed by atoms with E-state index in [4.69, 9.17) is 4.99 Å². The van der Waals surface area contributed by atoms with Crippen LogP contribution >= 0.6 is 0 Å². The summed E-state index contributed by atoms with van der Waals surface area (Å²) in [5, 5.41) is 0. The fourth-order valence-electron chi connectivity index (χ4n) is 5.09. The van der Waals surface area contributed by atoms with Crippen molar-refractivity contribution in [1.29, 1.82) is 0 Å². The van der Waals surface area contributed by atoms with Gasteiger partial charge in [-0.25, -0.2) is 0 Å². The molecule has 3 heteroatoms. The van der Waals surface area contributed by atoms with E-state index in [1.807, 2.05) is 18.2 Å². The molecule has 0 saturated heterocycles. The van der Waals surface area contributed by atoms with Crippen molar-refractivity contribution in [2.75, 3.05) is 0 Å². The highest BCUT2D eigenvalue weighted by atomic mass is 16.1. The van der Waals surface area contributed by atoms with E-state index in [1.54, 1.807) is 12.2 Å². The molecule has 0 spiro atoms. The first-order valence-electron chi connectivity index (χ1n) is 11.0. The number of rotatable bonds is 3. The Bertz CT molecular complexity index is 1300. The second-order valence-corrected chi connectivity index (χ2v) is 8.42. The van der Waals surface area contributed by atoms with E-state index in [0.717, 1.165) is 34.7 Å². The molecule has 0 radical (unpaired) electrons. The Kier molecular flexibility index (Phi) is 4.29. The molecule has 0 saturated carbocycles. The maximum absolute atomic E-state index is 12.4. The summed E-state index contributed by atoms with van der Waals surface area (Å²) < 4.78 is 0. The van der Waals surface area contributed by atoms with Gasteiger partial charge in [-0.3, -0.25) is 9.79 Å². The molecule has 3 aliphatic rings. The molecule has 2 atom stereocenters. The summed E-state index contributed by atoms with van der Waals surface area (Å²) in [5.74, 6) is 0.188. The zero-order chi connectivity index (χ0) is 21.5. The van der Waals surface area contributed by atoms with E-state index in [0.29, 0.717) is 0 Å². The van der Waals surface area contributed by atoms with Crippen LogP contribution in [0, 0.1) is 0 Å². The lowest BCUT2D eigenvalue weighted by atomic mass is 9.79. The molecule has 3 aromatic rings. The Morgan fingerprint density at radius 2 is 1.44 bits per heavy atom. The van der Waals surface area contributed by atoms with Crippen molar-refractivity contribution in [1.82, 2.24) is 4.90 Å². The van der Waals surface area contributed by atoms with Crippen molar-refractivity contribution in [3.8, 4) is 0 Å². The lowest BCUT2D eigenvalue weighted by Gasteiger charge is -2.45. The Morgan fingerprint density at radius 3 is 2.16 bits per heavy atom. The summed E-state index contributed by atoms with van der Waals surface area (Å²) >= 11 is 0. The number of ketones is 1. The smallest absolute Gasteiger partial charge is 0.180 e. The van der Waals surface area contributed by atoms with Crippen LogP contribution in [0.25, 0.3) is 5.70 Å². The molecule has 3 nitrogen and oxygen atoms in total. The van der Waals surface area contributed by atoms with E-state index in [-0.39, 0.29) is 11.7 Å². The Labute approximate surface area is 187 Å². The van der Waals surface area contributed by atoms with E-state index in [1.165, 1.54) is 5.56 Å². The summed E-state index contributed by atoms with van der Waals surface area (Å²) in [6.45, 7) is 0. The van der Waals surface area contributed by atoms with Crippen LogP contribution in [0.5, 0.6) is 0 Å². The summed E-state index contributed by atoms with van der Waals surface area (Å²) in [6, 6.07) is 31.5. The van der Waals surface area contributed by atoms with Crippen LogP contribution in [0.4, 0.5) is 0 Å². The van der Waals surface area contributed by atoms with Crippen LogP contribution in [0.15, 0.2) is 126 Å². The lowest BCUT2D eigenvalue weighted by Crippen LogP contribution is -2.43. The predicted molar refractivity (Wildman–Crippen MR) is 128 cm³/mol. The topological polar surface area (TPSA) is 32.7 Å². The molecule has 6 rings (SSSR count). The maximum Gasteiger partial charge on any atom is 0.180 e. The summed E-state index contributed by atoms with van der Waals surface area (Å²) in [5.41, 5.74) is 5.73. The van der Waals surface area contributed by atoms with Gasteiger partial charge >= 0.3 is 0 Å². The first kappa shape index (κ1) is 18.8. The minimum Gasteiger partial charge on any atom is -0.310 e. The number of hydrogen-bond donors (Lipinski definition) is 0. The first-order valence-corrected chi connectivity index (χ1v) is 11.0. The average molecular weight is 415 g/mol. The second-order valence-electron chi connectivity index (χ2n) is 8.42. The molecule has 0 amide bonds. The zero-order valence-electron chi connectivity index (χ0n) is 17.6. The summed E-state index contributed by atoms with van der Waals surface area (Å²) in [6.07, 6.45) is 8.33. The molecular weight excluding hydrogens is 392 g/mol. The largest absolute Gasteiger partial charge is 0.310 e. The van der Waals surface area contributed by atoms with E-state index >= 15 is 0 Å². The third-order valence-corrected chi connectivity index (χ3v) is 6.50. The van der Waals surface area contributed by atoms with Gasteiger partial charge in [0, 0.05) is 29.7 Å². The third kappa shape index (κ3) is 2.89. The molecule has 154 valence electrons. The molecule has 32 heavy (non-hydrogen) atoms. The fraction of sp³-hybridized carbons (Fsp3) is 0.103. The first-order chi connectivity index (χ1) is 15.7. The highest BCUT2D eigenvalue weighted by Gasteiger charge is 2.51. The van der Waals surface area contributed by atoms with E-state index in [9.17, 15) is 4.79 Å². The number of hydrogen-bond acceptors (Lipinski definition) is 3. The number of carbonyl (C=O) groups is 1. The standard InChI is InChI=1S/C29H22N2O/c32-25-16-17-26-28(19-25)31-27(22-12-6-2-7-13-22)18-23(21-10-4-1-5-11-21)20-29(31,30-26)24-14-8-3-9-15-24/h1-19,23H,20H2. The third-order valence-electron chi connectivity index (χ3n) is 6.50. The molecular formula is C29H22N2O. The second kappa shape index (κ2) is 7.31. The Morgan fingerprint density at radius 1 is 0.781 bits per heavy atom. The van der Waals surface area contributed by atoms with Crippen LogP contribution in [0.2, 0.25) is 0 Å². The van der Waals surface area contributed by atoms with Gasteiger partial charge in [-0.1, -0.05) is 97.1 Å². The SMILES string of the molecule is O=C1C=CC2=NC3(c4ccccc4)CC(c4ccccc4)C=C(c4ccccc4)N3C2=C1. The lowest BCUT2D eigenvalue weighted by molar-refractivity contribution is -0.110. The summed E-state index contributed by atoms with van der Waals surface area (Å²) in [4.78, 5) is 20.0. The molecule has 0 fully saturated rings. The van der Waals surface area contributed by atoms with Gasteiger partial charge in [-0.15, -0.1) is 0 Å². The van der Waals surface area contributed by atoms with Gasteiger partial charge in [0.05, 0.1) is 11.4 Å². The quantitative estimate of drug-likeness (QED) is 0.504. The average Bonchev–Trinajstić information content (AvgIpc) is 3.20. The van der Waals surface area contributed by atoms with Crippen molar-refractivity contribution < 1.29 is 4.79 Å². The Balaban J connectivity index is 1.63. The zero-order valence-corrected chi connectivity index (χ0v) is 17.6. The van der Waals surface area contributed by atoms with Crippen molar-refractivity contribution in [2.45, 2.75) is 18.0 Å². The van der Waals surface area contributed by atoms with E-state index in [2.05, 4.69) is 89.8 Å². The van der Waals surface area contributed by atoms with Gasteiger partial charge in [-0.2, -0.15) is 0 Å². The van der Waals surface area contributed by atoms with Crippen LogP contribution in [0.1, 0.15) is 29.0 Å². The van der Waals surface area contributed by atoms with Crippen LogP contribution in [-0.2, 0) is 10.5 Å². The van der Waals surface area contributed by atoms with Gasteiger partial charge in [0.15, 0.2) is 11.4 Å². The number of aliphatic imine (C=N–C) groups is 1. The monoisotopic (exact) mass is 414 g/mol. The molecule has 1 aliphatic carbocycles. The molecule has 3 aromatic carbocycles. The normalized spacial score (nSPS) is 23.8. The fourth-order valence-corrected chi connectivity index (χ4v) is 5.09. The van der Waals surface area contributed by atoms with Crippen molar-refractivity contribution >= 4 is 17.2 Å². The molecule has 2 unspecified atom stereocenters. The van der Waals surface area contributed by atoms with Crippen LogP contribution in [0.3, 0.4) is 0 Å². The minimum absolute atomic E-state index is 0.000376. The van der Waals surface area contributed by atoms with E-state index < -0.39 is 5.66 Å². The van der Waals surface area contributed by atoms with Crippen molar-refractivity contribution in [3.05, 3.63) is 138 Å². The number of nitrogens with zero attached hydrogens (tertiary/aromatic N) is 2. The molecule has 2 aliphatic heterocycles. The number of allylic oxidation sites excluding steroid dienone is 4. The van der Waals surface area contributed by atoms with Gasteiger partial charge in [-0.05, 0) is 23.3 Å². The summed E-state index contributed by atoms with van der Waals surface area (Å²) in [7, 11) is 0. The predicted octanol–water partition coefficient (Wildman–Crippen LogP) is 5.85. The minimum atomic E-state index is -0.613. The number of benzene rings is 3. The van der Waals surface area contributed by atoms with Gasteiger partial charge in [0.1, 0.15) is 0 Å². The van der Waals surface area contributed by atoms with Crippen LogP contribution in [-0.4, -0.2) is 16.4 Å². The van der Waals surface area contributed by atoms with Gasteiger partial charge in [0.2, 0.25) is 0 Å². The molecule has 2 heterocycles. The molecule has 0 N–H and O–H groups in total. The van der Waals surface area contributed by atoms with Crippen LogP contribution < -0.4 is 0 Å². The highest BCUT2D eigenvalue weighted by Crippen LogP contribution is 2.54. The van der Waals surface area contributed by atoms with Gasteiger partial charge < -0.3 is 4.90 Å². The molecule has 0 bridgehead atoms. The van der Waals surface area contributed by atoms with Gasteiger partial charge in [0.25, 0.3) is 0 Å². The highest BCUT2D eigenvalue weighted by molar-refractivity contribution is 6.21. The number of carbonyl (C=O) groups excluding carboxylic acids is 1. The molecule has 0 aromatic heterocycles. The maximum atomic E-state index is 12.4. The van der Waals surface area contributed by atoms with Crippen molar-refractivity contribution in [2.24, 2.45) is 4.99 Å².